The highest BCUT2D eigenvalue weighted by molar-refractivity contribution is 5.71. The topological polar surface area (TPSA) is 78.9 Å². The zero-order chi connectivity index (χ0) is 43.7. The van der Waals surface area contributed by atoms with Crippen molar-refractivity contribution in [3.8, 4) is 0 Å². The maximum Gasteiger partial charge on any atom is 0.306 e. The Morgan fingerprint density at radius 3 is 1.23 bits per heavy atom. The molecule has 6 nitrogen and oxygen atoms in total. The Morgan fingerprint density at radius 2 is 0.717 bits per heavy atom. The first kappa shape index (κ1) is 56.6. The molecule has 0 rings (SSSR count). The number of esters is 3. The molecule has 6 heteroatoms. The van der Waals surface area contributed by atoms with Crippen molar-refractivity contribution in [3.63, 3.8) is 0 Å². The summed E-state index contributed by atoms with van der Waals surface area (Å²) in [5.74, 6) is -0.978. The third-order valence-corrected chi connectivity index (χ3v) is 10.2. The van der Waals surface area contributed by atoms with Gasteiger partial charge in [-0.1, -0.05) is 183 Å². The monoisotopic (exact) mass is 835 g/mol. The Bertz CT molecular complexity index is 1190. The molecule has 0 fully saturated rings. The molecule has 0 aliphatic rings. The van der Waals surface area contributed by atoms with Crippen molar-refractivity contribution >= 4 is 17.9 Å². The molecular formula is C54H90O6. The van der Waals surface area contributed by atoms with E-state index in [-0.39, 0.29) is 37.5 Å². The number of carbonyl (C=O) groups is 3. The molecule has 1 unspecified atom stereocenters. The Balaban J connectivity index is 4.46. The number of unbranched alkanes of at least 4 members (excludes halogenated alkanes) is 20. The molecule has 0 aromatic heterocycles. The quantitative estimate of drug-likeness (QED) is 0.0200. The third kappa shape index (κ3) is 45.7. The van der Waals surface area contributed by atoms with Crippen LogP contribution in [0.4, 0.5) is 0 Å². The zero-order valence-electron chi connectivity index (χ0n) is 38.9. The Hall–Kier alpha value is -3.41. The van der Waals surface area contributed by atoms with Gasteiger partial charge in [-0.25, -0.2) is 0 Å². The Kier molecular flexibility index (Phi) is 45.5. The summed E-state index contributed by atoms with van der Waals surface area (Å²) in [4.78, 5) is 37.8. The standard InChI is InChI=1S/C54H90O6/c1-4-7-10-13-16-19-22-25-26-27-28-29-30-33-35-38-41-44-47-53(56)59-50-51(60-54(57)48-45-42-39-36-32-24-21-18-15-12-9-6-3)49-58-52(55)46-43-40-37-34-31-23-20-17-14-11-8-5-2/h9,12,17-18,20-22,25-29,32,36,51H,4-8,10-11,13-16,19,23-24,30-31,33-35,37-50H2,1-3H3/b12-9-,20-17-,21-18-,25-22-,27-26-,29-28-,36-32-. The van der Waals surface area contributed by atoms with Crippen molar-refractivity contribution in [1.29, 1.82) is 0 Å². The van der Waals surface area contributed by atoms with Gasteiger partial charge < -0.3 is 14.2 Å². The summed E-state index contributed by atoms with van der Waals surface area (Å²) in [6.45, 7) is 6.41. The first-order valence-electron chi connectivity index (χ1n) is 24.6. The fourth-order valence-corrected chi connectivity index (χ4v) is 6.45. The van der Waals surface area contributed by atoms with Crippen molar-refractivity contribution in [2.24, 2.45) is 0 Å². The van der Waals surface area contributed by atoms with Gasteiger partial charge >= 0.3 is 17.9 Å². The smallest absolute Gasteiger partial charge is 0.306 e. The lowest BCUT2D eigenvalue weighted by molar-refractivity contribution is -0.167. The number of rotatable bonds is 43. The molecule has 0 heterocycles. The third-order valence-electron chi connectivity index (χ3n) is 10.2. The molecule has 0 N–H and O–H groups in total. The van der Waals surface area contributed by atoms with Crippen LogP contribution in [-0.4, -0.2) is 37.2 Å². The average molecular weight is 835 g/mol. The van der Waals surface area contributed by atoms with Crippen LogP contribution in [0.15, 0.2) is 85.1 Å². The van der Waals surface area contributed by atoms with Gasteiger partial charge in [-0.2, -0.15) is 0 Å². The first-order valence-corrected chi connectivity index (χ1v) is 24.6. The molecule has 0 radical (unpaired) electrons. The summed E-state index contributed by atoms with van der Waals surface area (Å²) >= 11 is 0. The molecule has 0 spiro atoms. The van der Waals surface area contributed by atoms with Gasteiger partial charge in [-0.15, -0.1) is 0 Å². The summed E-state index contributed by atoms with van der Waals surface area (Å²) in [7, 11) is 0. The molecule has 0 saturated carbocycles. The van der Waals surface area contributed by atoms with E-state index < -0.39 is 6.10 Å². The second kappa shape index (κ2) is 48.3. The van der Waals surface area contributed by atoms with Crippen LogP contribution in [0.1, 0.15) is 220 Å². The van der Waals surface area contributed by atoms with E-state index in [1.807, 2.05) is 0 Å². The largest absolute Gasteiger partial charge is 0.462 e. The van der Waals surface area contributed by atoms with Crippen LogP contribution in [0, 0.1) is 0 Å². The lowest BCUT2D eigenvalue weighted by atomic mass is 10.1. The Labute approximate surface area is 369 Å². The molecule has 0 aliphatic carbocycles. The highest BCUT2D eigenvalue weighted by Gasteiger charge is 2.19. The van der Waals surface area contributed by atoms with E-state index in [1.54, 1.807) is 0 Å². The molecule has 60 heavy (non-hydrogen) atoms. The molecule has 0 aromatic carbocycles. The summed E-state index contributed by atoms with van der Waals surface area (Å²) in [5, 5.41) is 0. The minimum absolute atomic E-state index is 0.104. The van der Waals surface area contributed by atoms with Crippen molar-refractivity contribution in [3.05, 3.63) is 85.1 Å². The van der Waals surface area contributed by atoms with Gasteiger partial charge in [0.2, 0.25) is 0 Å². The van der Waals surface area contributed by atoms with Gasteiger partial charge in [-0.05, 0) is 103 Å². The van der Waals surface area contributed by atoms with Gasteiger partial charge in [0.15, 0.2) is 6.10 Å². The van der Waals surface area contributed by atoms with Gasteiger partial charge in [0.25, 0.3) is 0 Å². The predicted octanol–water partition coefficient (Wildman–Crippen LogP) is 16.0. The maximum atomic E-state index is 12.7. The van der Waals surface area contributed by atoms with E-state index in [9.17, 15) is 14.4 Å². The number of hydrogen-bond donors (Lipinski definition) is 0. The van der Waals surface area contributed by atoms with Crippen molar-refractivity contribution in [2.45, 2.75) is 226 Å². The number of allylic oxidation sites excluding steroid dienone is 14. The second-order valence-corrected chi connectivity index (χ2v) is 16.0. The van der Waals surface area contributed by atoms with E-state index in [1.165, 1.54) is 64.2 Å². The van der Waals surface area contributed by atoms with E-state index in [0.717, 1.165) is 109 Å². The zero-order valence-corrected chi connectivity index (χ0v) is 38.9. The number of ether oxygens (including phenoxy) is 3. The van der Waals surface area contributed by atoms with Crippen LogP contribution in [-0.2, 0) is 28.6 Å². The average Bonchev–Trinajstić information content (AvgIpc) is 3.24. The molecule has 342 valence electrons. The highest BCUT2D eigenvalue weighted by Crippen LogP contribution is 2.12. The fourth-order valence-electron chi connectivity index (χ4n) is 6.45. The maximum absolute atomic E-state index is 12.7. The first-order chi connectivity index (χ1) is 29.5. The van der Waals surface area contributed by atoms with Crippen LogP contribution >= 0.6 is 0 Å². The fraction of sp³-hybridized carbons (Fsp3) is 0.685. The van der Waals surface area contributed by atoms with Gasteiger partial charge in [0.05, 0.1) is 0 Å². The van der Waals surface area contributed by atoms with Crippen LogP contribution in [0.3, 0.4) is 0 Å². The summed E-state index contributed by atoms with van der Waals surface area (Å²) in [5.41, 5.74) is 0. The minimum atomic E-state index is -0.807. The summed E-state index contributed by atoms with van der Waals surface area (Å²) < 4.78 is 16.7. The summed E-state index contributed by atoms with van der Waals surface area (Å²) in [6, 6.07) is 0. The SMILES string of the molecule is CC/C=C\C/C=C\C/C=C\CCCCC(=O)OC(COC(=O)CCCCCCC\C=C/C=C\C=C/CCCCCCC)COC(=O)CCCCCCC/C=C\CCCCC. The van der Waals surface area contributed by atoms with Crippen LogP contribution in [0.25, 0.3) is 0 Å². The molecular weight excluding hydrogens is 745 g/mol. The van der Waals surface area contributed by atoms with Crippen molar-refractivity contribution in [1.82, 2.24) is 0 Å². The second-order valence-electron chi connectivity index (χ2n) is 16.0. The molecule has 0 amide bonds. The van der Waals surface area contributed by atoms with Gasteiger partial charge in [0, 0.05) is 19.3 Å². The normalized spacial score (nSPS) is 12.8. The number of hydrogen-bond acceptors (Lipinski definition) is 6. The van der Waals surface area contributed by atoms with E-state index in [4.69, 9.17) is 14.2 Å². The lowest BCUT2D eigenvalue weighted by Crippen LogP contribution is -2.30. The molecule has 0 bridgehead atoms. The van der Waals surface area contributed by atoms with Crippen molar-refractivity contribution < 1.29 is 28.6 Å². The van der Waals surface area contributed by atoms with Crippen LogP contribution in [0.5, 0.6) is 0 Å². The highest BCUT2D eigenvalue weighted by atomic mass is 16.6. The molecule has 1 atom stereocenters. The lowest BCUT2D eigenvalue weighted by Gasteiger charge is -2.18. The minimum Gasteiger partial charge on any atom is -0.462 e. The summed E-state index contributed by atoms with van der Waals surface area (Å²) in [6.07, 6.45) is 61.4. The van der Waals surface area contributed by atoms with Crippen LogP contribution in [0.2, 0.25) is 0 Å². The van der Waals surface area contributed by atoms with E-state index >= 15 is 0 Å². The Morgan fingerprint density at radius 1 is 0.367 bits per heavy atom. The van der Waals surface area contributed by atoms with E-state index in [2.05, 4.69) is 106 Å². The van der Waals surface area contributed by atoms with Crippen molar-refractivity contribution in [2.75, 3.05) is 13.2 Å². The van der Waals surface area contributed by atoms with Crippen LogP contribution < -0.4 is 0 Å². The molecule has 0 aromatic rings. The predicted molar refractivity (Wildman–Crippen MR) is 256 cm³/mol. The molecule has 0 aliphatic heterocycles. The number of carbonyl (C=O) groups excluding carboxylic acids is 3. The van der Waals surface area contributed by atoms with E-state index in [0.29, 0.717) is 19.3 Å². The van der Waals surface area contributed by atoms with Gasteiger partial charge in [0.1, 0.15) is 13.2 Å². The molecule has 0 saturated heterocycles. The van der Waals surface area contributed by atoms with Gasteiger partial charge in [-0.3, -0.25) is 14.4 Å².